The van der Waals surface area contributed by atoms with E-state index in [9.17, 15) is 9.18 Å². The number of aryl methyl sites for hydroxylation is 1. The molecule has 0 saturated heterocycles. The Morgan fingerprint density at radius 3 is 2.71 bits per heavy atom. The molecule has 0 spiro atoms. The molecule has 1 aromatic carbocycles. The van der Waals surface area contributed by atoms with Crippen molar-refractivity contribution in [2.45, 2.75) is 6.92 Å². The Kier molecular flexibility index (Phi) is 1.88. The van der Waals surface area contributed by atoms with Crippen LogP contribution in [0.3, 0.4) is 0 Å². The molecule has 2 aromatic rings. The van der Waals surface area contributed by atoms with Crippen LogP contribution >= 0.6 is 0 Å². The predicted octanol–water partition coefficient (Wildman–Crippen LogP) is 2.52. The fourth-order valence-corrected chi connectivity index (χ4v) is 1.64. The molecular weight excluding hydrogens is 181 g/mol. The lowest BCUT2D eigenvalue weighted by Crippen LogP contribution is -2.00. The first-order chi connectivity index (χ1) is 6.59. The first-order valence-corrected chi connectivity index (χ1v) is 4.35. The summed E-state index contributed by atoms with van der Waals surface area (Å²) >= 11 is 0. The van der Waals surface area contributed by atoms with Gasteiger partial charge in [-0.15, -0.1) is 0 Å². The molecule has 72 valence electrons. The first kappa shape index (κ1) is 8.94. The van der Waals surface area contributed by atoms with E-state index in [-0.39, 0.29) is 11.6 Å². The summed E-state index contributed by atoms with van der Waals surface area (Å²) in [6, 6.07) is 6.28. The van der Waals surface area contributed by atoms with Crippen LogP contribution in [0.4, 0.5) is 4.39 Å². The van der Waals surface area contributed by atoms with Crippen molar-refractivity contribution in [1.82, 2.24) is 4.57 Å². The number of aromatic nitrogens is 1. The van der Waals surface area contributed by atoms with Crippen molar-refractivity contribution in [3.8, 4) is 0 Å². The summed E-state index contributed by atoms with van der Waals surface area (Å²) in [5.74, 6) is -0.294. The van der Waals surface area contributed by atoms with Gasteiger partial charge in [-0.05, 0) is 24.3 Å². The smallest absolute Gasteiger partial charge is 0.176 e. The summed E-state index contributed by atoms with van der Waals surface area (Å²) in [6.45, 7) is 1.50. The average molecular weight is 191 g/mol. The van der Waals surface area contributed by atoms with Crippen LogP contribution in [0.2, 0.25) is 0 Å². The summed E-state index contributed by atoms with van der Waals surface area (Å²) in [5, 5.41) is 0.888. The number of carbonyl (C=O) groups is 1. The number of ketones is 1. The van der Waals surface area contributed by atoms with Gasteiger partial charge >= 0.3 is 0 Å². The summed E-state index contributed by atoms with van der Waals surface area (Å²) < 4.78 is 14.6. The minimum absolute atomic E-state index is 0.0101. The van der Waals surface area contributed by atoms with Crippen LogP contribution in [-0.4, -0.2) is 10.4 Å². The van der Waals surface area contributed by atoms with Gasteiger partial charge in [0.2, 0.25) is 0 Å². The van der Waals surface area contributed by atoms with Crippen LogP contribution in [-0.2, 0) is 7.05 Å². The van der Waals surface area contributed by atoms with E-state index >= 15 is 0 Å². The van der Waals surface area contributed by atoms with Crippen LogP contribution in [0.15, 0.2) is 24.3 Å². The second kappa shape index (κ2) is 2.94. The number of hydrogen-bond donors (Lipinski definition) is 0. The Morgan fingerprint density at radius 1 is 1.36 bits per heavy atom. The second-order valence-corrected chi connectivity index (χ2v) is 3.35. The van der Waals surface area contributed by atoms with Gasteiger partial charge in [0.05, 0.1) is 11.2 Å². The topological polar surface area (TPSA) is 22.0 Å². The van der Waals surface area contributed by atoms with Gasteiger partial charge in [0.25, 0.3) is 0 Å². The highest BCUT2D eigenvalue weighted by atomic mass is 19.1. The third-order valence-electron chi connectivity index (χ3n) is 2.37. The quantitative estimate of drug-likeness (QED) is 0.635. The monoisotopic (exact) mass is 191 g/mol. The van der Waals surface area contributed by atoms with Crippen LogP contribution in [0.5, 0.6) is 0 Å². The maximum atomic E-state index is 12.9. The van der Waals surface area contributed by atoms with Crippen LogP contribution < -0.4 is 0 Å². The van der Waals surface area contributed by atoms with E-state index in [0.717, 1.165) is 10.9 Å². The number of hydrogen-bond acceptors (Lipinski definition) is 1. The Bertz CT molecular complexity index is 513. The Morgan fingerprint density at radius 2 is 2.07 bits per heavy atom. The normalized spacial score (nSPS) is 10.8. The zero-order valence-corrected chi connectivity index (χ0v) is 8.04. The summed E-state index contributed by atoms with van der Waals surface area (Å²) in [7, 11) is 1.76. The molecule has 2 nitrogen and oxygen atoms in total. The van der Waals surface area contributed by atoms with Crippen molar-refractivity contribution in [2.75, 3.05) is 0 Å². The van der Waals surface area contributed by atoms with E-state index in [0.29, 0.717) is 5.69 Å². The maximum absolute atomic E-state index is 12.9. The molecule has 0 aliphatic heterocycles. The number of rotatable bonds is 1. The lowest BCUT2D eigenvalue weighted by Gasteiger charge is -1.99. The Balaban J connectivity index is 2.80. The largest absolute Gasteiger partial charge is 0.341 e. The molecule has 0 saturated carbocycles. The van der Waals surface area contributed by atoms with Gasteiger partial charge in [-0.25, -0.2) is 4.39 Å². The van der Waals surface area contributed by atoms with E-state index in [1.54, 1.807) is 23.7 Å². The van der Waals surface area contributed by atoms with E-state index in [2.05, 4.69) is 0 Å². The van der Waals surface area contributed by atoms with Crippen molar-refractivity contribution in [3.05, 3.63) is 35.8 Å². The fraction of sp³-hybridized carbons (Fsp3) is 0.182. The third kappa shape index (κ3) is 1.21. The molecule has 0 bridgehead atoms. The zero-order valence-electron chi connectivity index (χ0n) is 8.04. The summed E-state index contributed by atoms with van der Waals surface area (Å²) in [5.41, 5.74) is 1.35. The Labute approximate surface area is 81.0 Å². The van der Waals surface area contributed by atoms with Gasteiger partial charge in [0.15, 0.2) is 5.78 Å². The minimum atomic E-state index is -0.284. The zero-order chi connectivity index (χ0) is 10.3. The van der Waals surface area contributed by atoms with Crippen LogP contribution in [0.1, 0.15) is 17.4 Å². The lowest BCUT2D eigenvalue weighted by molar-refractivity contribution is 0.101. The van der Waals surface area contributed by atoms with Crippen LogP contribution in [0, 0.1) is 5.82 Å². The first-order valence-electron chi connectivity index (χ1n) is 4.35. The number of nitrogens with zero attached hydrogens (tertiary/aromatic N) is 1. The molecule has 0 aliphatic rings. The molecular formula is C11H10FNO. The molecule has 2 rings (SSSR count). The van der Waals surface area contributed by atoms with Gasteiger partial charge in [-0.1, -0.05) is 0 Å². The van der Waals surface area contributed by atoms with Crippen molar-refractivity contribution in [3.63, 3.8) is 0 Å². The molecule has 0 atom stereocenters. The molecule has 0 unspecified atom stereocenters. The number of fused-ring (bicyclic) bond motifs is 1. The number of carbonyl (C=O) groups excluding carboxylic acids is 1. The van der Waals surface area contributed by atoms with Crippen molar-refractivity contribution < 1.29 is 9.18 Å². The number of halogens is 1. The maximum Gasteiger partial charge on any atom is 0.176 e. The fourth-order valence-electron chi connectivity index (χ4n) is 1.64. The highest BCUT2D eigenvalue weighted by Crippen LogP contribution is 2.19. The van der Waals surface area contributed by atoms with Gasteiger partial charge in [0.1, 0.15) is 5.82 Å². The SMILES string of the molecule is CC(=O)c1cc2ccc(F)cc2n1C. The van der Waals surface area contributed by atoms with Crippen LogP contribution in [0.25, 0.3) is 10.9 Å². The molecule has 0 N–H and O–H groups in total. The lowest BCUT2D eigenvalue weighted by atomic mass is 10.2. The standard InChI is InChI=1S/C11H10FNO/c1-7(14)10-5-8-3-4-9(12)6-11(8)13(10)2/h3-6H,1-2H3. The highest BCUT2D eigenvalue weighted by Gasteiger charge is 2.09. The van der Waals surface area contributed by atoms with Gasteiger partial charge in [-0.2, -0.15) is 0 Å². The summed E-state index contributed by atoms with van der Waals surface area (Å²) in [6.07, 6.45) is 0. The van der Waals surface area contributed by atoms with Gasteiger partial charge < -0.3 is 4.57 Å². The predicted molar refractivity (Wildman–Crippen MR) is 52.9 cm³/mol. The molecule has 1 aromatic heterocycles. The molecule has 0 fully saturated rings. The van der Waals surface area contributed by atoms with E-state index in [4.69, 9.17) is 0 Å². The third-order valence-corrected chi connectivity index (χ3v) is 2.37. The number of benzene rings is 1. The summed E-state index contributed by atoms with van der Waals surface area (Å²) in [4.78, 5) is 11.2. The molecule has 1 heterocycles. The molecule has 3 heteroatoms. The van der Waals surface area contributed by atoms with Gasteiger partial charge in [0, 0.05) is 19.4 Å². The van der Waals surface area contributed by atoms with Crippen molar-refractivity contribution in [2.24, 2.45) is 7.05 Å². The average Bonchev–Trinajstić information content (AvgIpc) is 2.44. The van der Waals surface area contributed by atoms with Gasteiger partial charge in [-0.3, -0.25) is 4.79 Å². The van der Waals surface area contributed by atoms with E-state index in [1.165, 1.54) is 19.1 Å². The Hall–Kier alpha value is -1.64. The second-order valence-electron chi connectivity index (χ2n) is 3.35. The molecule has 0 aliphatic carbocycles. The molecule has 0 amide bonds. The molecule has 14 heavy (non-hydrogen) atoms. The number of Topliss-reactive ketones (excluding diaryl/α,β-unsaturated/α-hetero) is 1. The van der Waals surface area contributed by atoms with Crippen molar-refractivity contribution >= 4 is 16.7 Å². The van der Waals surface area contributed by atoms with E-state index < -0.39 is 0 Å². The highest BCUT2D eigenvalue weighted by molar-refractivity contribution is 5.98. The molecule has 0 radical (unpaired) electrons. The van der Waals surface area contributed by atoms with Crippen molar-refractivity contribution in [1.29, 1.82) is 0 Å². The van der Waals surface area contributed by atoms with E-state index in [1.807, 2.05) is 0 Å². The minimum Gasteiger partial charge on any atom is -0.341 e.